The topological polar surface area (TPSA) is 60.2 Å². The highest BCUT2D eigenvalue weighted by Gasteiger charge is 2.35. The average molecular weight is 303 g/mol. The maximum absolute atomic E-state index is 13.0. The van der Waals surface area contributed by atoms with Crippen molar-refractivity contribution in [1.82, 2.24) is 10.4 Å². The molecule has 3 N–H and O–H groups in total. The quantitative estimate of drug-likeness (QED) is 0.648. The van der Waals surface area contributed by atoms with Crippen molar-refractivity contribution in [1.29, 1.82) is 0 Å². The van der Waals surface area contributed by atoms with Crippen LogP contribution in [0.1, 0.15) is 49.3 Å². The lowest BCUT2D eigenvalue weighted by Crippen LogP contribution is -2.31. The Balaban J connectivity index is 2.06. The number of aromatic nitrogens is 1. The van der Waals surface area contributed by atoms with Gasteiger partial charge in [0.1, 0.15) is 0 Å². The van der Waals surface area contributed by atoms with Gasteiger partial charge in [0, 0.05) is 30.6 Å². The third-order valence-electron chi connectivity index (χ3n) is 3.79. The molecule has 0 amide bonds. The van der Waals surface area contributed by atoms with Crippen LogP contribution in [0.3, 0.4) is 0 Å². The number of halogens is 3. The predicted octanol–water partition coefficient (Wildman–Crippen LogP) is 2.95. The van der Waals surface area contributed by atoms with Crippen LogP contribution in [0.2, 0.25) is 0 Å². The molecule has 0 spiro atoms. The molecule has 2 unspecified atom stereocenters. The van der Waals surface area contributed by atoms with Gasteiger partial charge in [0.25, 0.3) is 0 Å². The second-order valence-corrected chi connectivity index (χ2v) is 5.25. The SMILES string of the molecule is NNC(CCC1CCCCO1)c1cnccc1C(F)(F)F. The fraction of sp³-hybridized carbons (Fsp3) is 0.643. The van der Waals surface area contributed by atoms with E-state index >= 15 is 0 Å². The highest BCUT2D eigenvalue weighted by atomic mass is 19.4. The van der Waals surface area contributed by atoms with Gasteiger partial charge in [0.2, 0.25) is 0 Å². The van der Waals surface area contributed by atoms with E-state index in [2.05, 4.69) is 10.4 Å². The third-order valence-corrected chi connectivity index (χ3v) is 3.79. The van der Waals surface area contributed by atoms with Crippen LogP contribution in [0.25, 0.3) is 0 Å². The molecule has 2 heterocycles. The van der Waals surface area contributed by atoms with E-state index in [4.69, 9.17) is 10.6 Å². The molecule has 1 saturated heterocycles. The molecule has 1 aliphatic rings. The molecule has 4 nitrogen and oxygen atoms in total. The Morgan fingerprint density at radius 3 is 2.86 bits per heavy atom. The summed E-state index contributed by atoms with van der Waals surface area (Å²) in [6.45, 7) is 0.728. The molecule has 7 heteroatoms. The lowest BCUT2D eigenvalue weighted by atomic mass is 9.95. The largest absolute Gasteiger partial charge is 0.416 e. The molecule has 0 radical (unpaired) electrons. The van der Waals surface area contributed by atoms with Crippen molar-refractivity contribution in [3.05, 3.63) is 29.6 Å². The van der Waals surface area contributed by atoms with E-state index in [0.717, 1.165) is 38.1 Å². The maximum atomic E-state index is 13.0. The fourth-order valence-corrected chi connectivity index (χ4v) is 2.66. The van der Waals surface area contributed by atoms with Gasteiger partial charge in [0.05, 0.1) is 11.7 Å². The normalized spacial score (nSPS) is 21.2. The molecule has 2 rings (SSSR count). The van der Waals surface area contributed by atoms with Crippen molar-refractivity contribution in [2.45, 2.75) is 50.4 Å². The minimum absolute atomic E-state index is 0.0864. The average Bonchev–Trinajstić information content (AvgIpc) is 2.48. The van der Waals surface area contributed by atoms with Crippen molar-refractivity contribution in [3.63, 3.8) is 0 Å². The monoisotopic (exact) mass is 303 g/mol. The minimum atomic E-state index is -4.41. The molecule has 0 aliphatic carbocycles. The number of rotatable bonds is 5. The van der Waals surface area contributed by atoms with Crippen LogP contribution in [0.5, 0.6) is 0 Å². The van der Waals surface area contributed by atoms with Crippen molar-refractivity contribution < 1.29 is 17.9 Å². The van der Waals surface area contributed by atoms with Gasteiger partial charge in [-0.15, -0.1) is 0 Å². The molecule has 1 fully saturated rings. The van der Waals surface area contributed by atoms with Crippen molar-refractivity contribution >= 4 is 0 Å². The molecule has 21 heavy (non-hydrogen) atoms. The van der Waals surface area contributed by atoms with Gasteiger partial charge >= 0.3 is 6.18 Å². The van der Waals surface area contributed by atoms with Crippen LogP contribution in [0.4, 0.5) is 13.2 Å². The maximum Gasteiger partial charge on any atom is 0.416 e. The predicted molar refractivity (Wildman–Crippen MR) is 72.1 cm³/mol. The van der Waals surface area contributed by atoms with Crippen LogP contribution >= 0.6 is 0 Å². The number of nitrogens with two attached hydrogens (primary N) is 1. The molecular weight excluding hydrogens is 283 g/mol. The Labute approximate surface area is 121 Å². The van der Waals surface area contributed by atoms with Gasteiger partial charge in [-0.25, -0.2) is 0 Å². The second-order valence-electron chi connectivity index (χ2n) is 5.25. The number of hydrogen-bond acceptors (Lipinski definition) is 4. The molecule has 0 aromatic carbocycles. The van der Waals surface area contributed by atoms with Crippen LogP contribution < -0.4 is 11.3 Å². The summed E-state index contributed by atoms with van der Waals surface area (Å²) in [4.78, 5) is 3.80. The summed E-state index contributed by atoms with van der Waals surface area (Å²) in [6, 6.07) is 0.400. The number of hydrazine groups is 1. The van der Waals surface area contributed by atoms with Gasteiger partial charge in [-0.05, 0) is 38.2 Å². The van der Waals surface area contributed by atoms with E-state index in [-0.39, 0.29) is 11.7 Å². The van der Waals surface area contributed by atoms with E-state index in [1.807, 2.05) is 0 Å². The summed E-state index contributed by atoms with van der Waals surface area (Å²) in [5.41, 5.74) is 1.87. The molecular formula is C14H20F3N3O. The van der Waals surface area contributed by atoms with Gasteiger partial charge < -0.3 is 4.74 Å². The Morgan fingerprint density at radius 1 is 1.43 bits per heavy atom. The van der Waals surface area contributed by atoms with E-state index in [0.29, 0.717) is 12.8 Å². The summed E-state index contributed by atoms with van der Waals surface area (Å²) in [6.07, 6.45) is 2.35. The van der Waals surface area contributed by atoms with Crippen LogP contribution in [-0.4, -0.2) is 17.7 Å². The number of nitrogens with one attached hydrogen (secondary N) is 1. The summed E-state index contributed by atoms with van der Waals surface area (Å²) < 4.78 is 44.7. The Hall–Kier alpha value is -1.18. The smallest absolute Gasteiger partial charge is 0.378 e. The Morgan fingerprint density at radius 2 is 2.24 bits per heavy atom. The molecule has 1 aromatic heterocycles. The lowest BCUT2D eigenvalue weighted by molar-refractivity contribution is -0.138. The standard InChI is InChI=1S/C14H20F3N3O/c15-14(16,17)12-6-7-19-9-11(12)13(20-18)5-4-10-3-1-2-8-21-10/h6-7,9-10,13,20H,1-5,8,18H2. The first kappa shape index (κ1) is 16.2. The lowest BCUT2D eigenvalue weighted by Gasteiger charge is -2.25. The molecule has 1 aliphatic heterocycles. The molecule has 1 aromatic rings. The van der Waals surface area contributed by atoms with E-state index in [9.17, 15) is 13.2 Å². The van der Waals surface area contributed by atoms with Gasteiger partial charge in [-0.1, -0.05) is 0 Å². The van der Waals surface area contributed by atoms with Gasteiger partial charge in [0.15, 0.2) is 0 Å². The summed E-state index contributed by atoms with van der Waals surface area (Å²) in [7, 11) is 0. The summed E-state index contributed by atoms with van der Waals surface area (Å²) >= 11 is 0. The van der Waals surface area contributed by atoms with Crippen LogP contribution in [-0.2, 0) is 10.9 Å². The van der Waals surface area contributed by atoms with Gasteiger partial charge in [-0.2, -0.15) is 13.2 Å². The zero-order valence-corrected chi connectivity index (χ0v) is 11.7. The van der Waals surface area contributed by atoms with Crippen molar-refractivity contribution in [3.8, 4) is 0 Å². The Bertz CT molecular complexity index is 447. The molecule has 0 bridgehead atoms. The van der Waals surface area contributed by atoms with Crippen molar-refractivity contribution in [2.24, 2.45) is 5.84 Å². The second kappa shape index (κ2) is 7.20. The Kier molecular flexibility index (Phi) is 5.55. The highest BCUT2D eigenvalue weighted by molar-refractivity contribution is 5.29. The van der Waals surface area contributed by atoms with Crippen LogP contribution in [0, 0.1) is 0 Å². The number of alkyl halides is 3. The van der Waals surface area contributed by atoms with Gasteiger partial charge in [-0.3, -0.25) is 16.3 Å². The van der Waals surface area contributed by atoms with E-state index in [1.165, 1.54) is 6.20 Å². The molecule has 2 atom stereocenters. The zero-order chi connectivity index (χ0) is 15.3. The summed E-state index contributed by atoms with van der Waals surface area (Å²) in [5.74, 6) is 5.45. The zero-order valence-electron chi connectivity index (χ0n) is 11.7. The number of ether oxygens (including phenoxy) is 1. The number of nitrogens with zero attached hydrogens (tertiary/aromatic N) is 1. The first-order chi connectivity index (χ1) is 10.0. The van der Waals surface area contributed by atoms with E-state index < -0.39 is 17.8 Å². The number of pyridine rings is 1. The number of hydrogen-bond donors (Lipinski definition) is 2. The van der Waals surface area contributed by atoms with Crippen molar-refractivity contribution in [2.75, 3.05) is 6.61 Å². The third kappa shape index (κ3) is 4.39. The molecule has 0 saturated carbocycles. The fourth-order valence-electron chi connectivity index (χ4n) is 2.66. The molecule has 118 valence electrons. The minimum Gasteiger partial charge on any atom is -0.378 e. The van der Waals surface area contributed by atoms with Crippen LogP contribution in [0.15, 0.2) is 18.5 Å². The summed E-state index contributed by atoms with van der Waals surface area (Å²) in [5, 5.41) is 0. The first-order valence-corrected chi connectivity index (χ1v) is 7.11. The highest BCUT2D eigenvalue weighted by Crippen LogP contribution is 2.35. The first-order valence-electron chi connectivity index (χ1n) is 7.11. The van der Waals surface area contributed by atoms with E-state index in [1.54, 1.807) is 0 Å².